The Morgan fingerprint density at radius 2 is 2.15 bits per heavy atom. The molecule has 2 atom stereocenters. The standard InChI is InChI=1S/C16H20ClN3/c17-13-5-3-8-15(12(13)11-18)20-10-2-1-7-16(20)14-6-4-9-19-14/h3,5,8,14,16,19H,1-2,4,6-7,9-10H2. The van der Waals surface area contributed by atoms with E-state index in [1.807, 2.05) is 12.1 Å². The van der Waals surface area contributed by atoms with E-state index in [4.69, 9.17) is 11.6 Å². The van der Waals surface area contributed by atoms with Crippen molar-refractivity contribution in [3.63, 3.8) is 0 Å². The van der Waals surface area contributed by atoms with Gasteiger partial charge in [-0.25, -0.2) is 0 Å². The van der Waals surface area contributed by atoms with Crippen molar-refractivity contribution in [1.29, 1.82) is 5.26 Å². The lowest BCUT2D eigenvalue weighted by Crippen LogP contribution is -2.50. The second kappa shape index (κ2) is 6.03. The average Bonchev–Trinajstić information content (AvgIpc) is 3.01. The van der Waals surface area contributed by atoms with E-state index >= 15 is 0 Å². The third kappa shape index (κ3) is 2.51. The molecular weight excluding hydrogens is 270 g/mol. The predicted molar refractivity (Wildman–Crippen MR) is 82.2 cm³/mol. The van der Waals surface area contributed by atoms with E-state index in [2.05, 4.69) is 16.3 Å². The second-order valence-corrected chi connectivity index (χ2v) is 6.11. The summed E-state index contributed by atoms with van der Waals surface area (Å²) in [5, 5.41) is 13.6. The van der Waals surface area contributed by atoms with Crippen molar-refractivity contribution >= 4 is 17.3 Å². The molecule has 2 aliphatic heterocycles. The van der Waals surface area contributed by atoms with Crippen molar-refractivity contribution in [1.82, 2.24) is 5.32 Å². The monoisotopic (exact) mass is 289 g/mol. The number of rotatable bonds is 2. The number of benzene rings is 1. The fraction of sp³-hybridized carbons (Fsp3) is 0.562. The maximum absolute atomic E-state index is 9.40. The summed E-state index contributed by atoms with van der Waals surface area (Å²) in [6.07, 6.45) is 6.18. The molecule has 0 aliphatic carbocycles. The minimum atomic E-state index is 0.497. The number of nitrogens with zero attached hydrogens (tertiary/aromatic N) is 2. The van der Waals surface area contributed by atoms with Gasteiger partial charge in [0.2, 0.25) is 0 Å². The highest BCUT2D eigenvalue weighted by Crippen LogP contribution is 2.33. The van der Waals surface area contributed by atoms with Gasteiger partial charge in [0.25, 0.3) is 0 Å². The third-order valence-electron chi connectivity index (χ3n) is 4.52. The van der Waals surface area contributed by atoms with Crippen LogP contribution in [0.25, 0.3) is 0 Å². The lowest BCUT2D eigenvalue weighted by atomic mass is 9.93. The molecule has 0 saturated carbocycles. The molecular formula is C16H20ClN3. The average molecular weight is 290 g/mol. The Kier molecular flexibility index (Phi) is 4.14. The van der Waals surface area contributed by atoms with E-state index in [9.17, 15) is 5.26 Å². The number of nitriles is 1. The number of nitrogens with one attached hydrogen (secondary N) is 1. The van der Waals surface area contributed by atoms with E-state index in [0.29, 0.717) is 22.7 Å². The van der Waals surface area contributed by atoms with Crippen LogP contribution in [0.15, 0.2) is 18.2 Å². The molecule has 1 aromatic carbocycles. The first kappa shape index (κ1) is 13.7. The maximum atomic E-state index is 9.40. The van der Waals surface area contributed by atoms with Crippen LogP contribution in [0.2, 0.25) is 5.02 Å². The summed E-state index contributed by atoms with van der Waals surface area (Å²) in [6.45, 7) is 2.15. The first-order valence-electron chi connectivity index (χ1n) is 7.50. The van der Waals surface area contributed by atoms with Crippen LogP contribution >= 0.6 is 11.6 Å². The molecule has 0 aromatic heterocycles. The Hall–Kier alpha value is -1.24. The molecule has 2 fully saturated rings. The van der Waals surface area contributed by atoms with Gasteiger partial charge in [0.05, 0.1) is 16.3 Å². The van der Waals surface area contributed by atoms with Gasteiger partial charge in [-0.05, 0) is 50.8 Å². The highest BCUT2D eigenvalue weighted by Gasteiger charge is 2.32. The number of hydrogen-bond donors (Lipinski definition) is 1. The zero-order valence-corrected chi connectivity index (χ0v) is 12.4. The minimum Gasteiger partial charge on any atom is -0.366 e. The van der Waals surface area contributed by atoms with Crippen LogP contribution < -0.4 is 10.2 Å². The molecule has 20 heavy (non-hydrogen) atoms. The van der Waals surface area contributed by atoms with Crippen LogP contribution in [0.1, 0.15) is 37.7 Å². The molecule has 0 bridgehead atoms. The number of hydrogen-bond acceptors (Lipinski definition) is 3. The maximum Gasteiger partial charge on any atom is 0.103 e. The SMILES string of the molecule is N#Cc1c(Cl)cccc1N1CCCCC1C1CCCN1. The number of anilines is 1. The van der Waals surface area contributed by atoms with E-state index in [-0.39, 0.29) is 0 Å². The van der Waals surface area contributed by atoms with Crippen molar-refractivity contribution < 1.29 is 0 Å². The Morgan fingerprint density at radius 3 is 2.90 bits per heavy atom. The van der Waals surface area contributed by atoms with E-state index in [1.165, 1.54) is 32.1 Å². The third-order valence-corrected chi connectivity index (χ3v) is 4.84. The molecule has 2 unspecified atom stereocenters. The zero-order valence-electron chi connectivity index (χ0n) is 11.6. The number of piperidine rings is 1. The van der Waals surface area contributed by atoms with Crippen LogP contribution in [0, 0.1) is 11.3 Å². The summed E-state index contributed by atoms with van der Waals surface area (Å²) in [7, 11) is 0. The van der Waals surface area contributed by atoms with Gasteiger partial charge in [-0.15, -0.1) is 0 Å². The van der Waals surface area contributed by atoms with Gasteiger partial charge < -0.3 is 10.2 Å². The van der Waals surface area contributed by atoms with Crippen LogP contribution in [-0.4, -0.2) is 25.2 Å². The highest BCUT2D eigenvalue weighted by atomic mass is 35.5. The molecule has 2 saturated heterocycles. The van der Waals surface area contributed by atoms with Gasteiger partial charge in [0, 0.05) is 18.6 Å². The minimum absolute atomic E-state index is 0.497. The normalized spacial score (nSPS) is 26.5. The summed E-state index contributed by atoms with van der Waals surface area (Å²) in [5.74, 6) is 0. The second-order valence-electron chi connectivity index (χ2n) is 5.71. The molecule has 2 aliphatic rings. The first-order chi connectivity index (χ1) is 9.81. The molecule has 1 N–H and O–H groups in total. The summed E-state index contributed by atoms with van der Waals surface area (Å²) in [4.78, 5) is 2.41. The van der Waals surface area contributed by atoms with Crippen LogP contribution in [0.3, 0.4) is 0 Å². The fourth-order valence-corrected chi connectivity index (χ4v) is 3.79. The van der Waals surface area contributed by atoms with Crippen LogP contribution in [0.4, 0.5) is 5.69 Å². The van der Waals surface area contributed by atoms with Crippen molar-refractivity contribution in [3.8, 4) is 6.07 Å². The molecule has 106 valence electrons. The van der Waals surface area contributed by atoms with Gasteiger partial charge in [-0.2, -0.15) is 5.26 Å². The van der Waals surface area contributed by atoms with E-state index in [1.54, 1.807) is 6.07 Å². The lowest BCUT2D eigenvalue weighted by Gasteiger charge is -2.41. The summed E-state index contributed by atoms with van der Waals surface area (Å²) in [6, 6.07) is 9.12. The van der Waals surface area contributed by atoms with Gasteiger partial charge in [-0.1, -0.05) is 17.7 Å². The fourth-order valence-electron chi connectivity index (χ4n) is 3.58. The first-order valence-corrected chi connectivity index (χ1v) is 7.87. The summed E-state index contributed by atoms with van der Waals surface area (Å²) >= 11 is 6.19. The van der Waals surface area contributed by atoms with Crippen LogP contribution in [-0.2, 0) is 0 Å². The Labute approximate surface area is 125 Å². The largest absolute Gasteiger partial charge is 0.366 e. The smallest absolute Gasteiger partial charge is 0.103 e. The van der Waals surface area contributed by atoms with Gasteiger partial charge in [0.1, 0.15) is 6.07 Å². The quantitative estimate of drug-likeness (QED) is 0.908. The van der Waals surface area contributed by atoms with E-state index < -0.39 is 0 Å². The van der Waals surface area contributed by atoms with E-state index in [0.717, 1.165) is 18.8 Å². The highest BCUT2D eigenvalue weighted by molar-refractivity contribution is 6.32. The van der Waals surface area contributed by atoms with Crippen LogP contribution in [0.5, 0.6) is 0 Å². The molecule has 0 spiro atoms. The lowest BCUT2D eigenvalue weighted by molar-refractivity contribution is 0.378. The molecule has 3 rings (SSSR count). The summed E-state index contributed by atoms with van der Waals surface area (Å²) < 4.78 is 0. The molecule has 4 heteroatoms. The van der Waals surface area contributed by atoms with Crippen molar-refractivity contribution in [2.45, 2.75) is 44.2 Å². The van der Waals surface area contributed by atoms with Crippen molar-refractivity contribution in [2.75, 3.05) is 18.0 Å². The predicted octanol–water partition coefficient (Wildman–Crippen LogP) is 3.32. The molecule has 3 nitrogen and oxygen atoms in total. The van der Waals surface area contributed by atoms with Crippen molar-refractivity contribution in [2.24, 2.45) is 0 Å². The molecule has 1 aromatic rings. The number of halogens is 1. The van der Waals surface area contributed by atoms with Gasteiger partial charge >= 0.3 is 0 Å². The Morgan fingerprint density at radius 1 is 1.25 bits per heavy atom. The van der Waals surface area contributed by atoms with Gasteiger partial charge in [-0.3, -0.25) is 0 Å². The van der Waals surface area contributed by atoms with Gasteiger partial charge in [0.15, 0.2) is 0 Å². The zero-order chi connectivity index (χ0) is 13.9. The Bertz CT molecular complexity index is 517. The summed E-state index contributed by atoms with van der Waals surface area (Å²) in [5.41, 5.74) is 1.64. The van der Waals surface area contributed by atoms with Crippen molar-refractivity contribution in [3.05, 3.63) is 28.8 Å². The Balaban J connectivity index is 1.94. The molecule has 0 amide bonds. The topological polar surface area (TPSA) is 39.1 Å². The molecule has 0 radical (unpaired) electrons. The molecule has 2 heterocycles.